The van der Waals surface area contributed by atoms with Crippen molar-refractivity contribution in [3.63, 3.8) is 0 Å². The zero-order chi connectivity index (χ0) is 18.6. The van der Waals surface area contributed by atoms with Crippen molar-refractivity contribution >= 4 is 22.5 Å². The predicted octanol–water partition coefficient (Wildman–Crippen LogP) is 4.40. The van der Waals surface area contributed by atoms with Crippen molar-refractivity contribution in [2.45, 2.75) is 13.0 Å². The highest BCUT2D eigenvalue weighted by Crippen LogP contribution is 2.23. The summed E-state index contributed by atoms with van der Waals surface area (Å²) in [6.07, 6.45) is 5.56. The van der Waals surface area contributed by atoms with Crippen LogP contribution in [0, 0.1) is 5.82 Å². The van der Waals surface area contributed by atoms with Crippen LogP contribution in [-0.2, 0) is 17.8 Å². The molecule has 0 spiro atoms. The Balaban J connectivity index is 1.59. The van der Waals surface area contributed by atoms with Crippen molar-refractivity contribution in [2.75, 3.05) is 5.32 Å². The summed E-state index contributed by atoms with van der Waals surface area (Å²) in [5, 5.41) is 3.94. The lowest BCUT2D eigenvalue weighted by atomic mass is 10.1. The van der Waals surface area contributed by atoms with Gasteiger partial charge in [0.15, 0.2) is 0 Å². The Morgan fingerprint density at radius 2 is 1.74 bits per heavy atom. The van der Waals surface area contributed by atoms with Crippen LogP contribution in [0.4, 0.5) is 10.1 Å². The third-order valence-corrected chi connectivity index (χ3v) is 4.45. The first-order chi connectivity index (χ1) is 13.2. The second-order valence-corrected chi connectivity index (χ2v) is 6.39. The molecule has 0 saturated carbocycles. The van der Waals surface area contributed by atoms with Gasteiger partial charge in [0.05, 0.1) is 6.42 Å². The number of benzene rings is 2. The topological polar surface area (TPSA) is 46.9 Å². The van der Waals surface area contributed by atoms with E-state index in [1.165, 1.54) is 12.1 Å². The van der Waals surface area contributed by atoms with Gasteiger partial charge >= 0.3 is 0 Å². The Hall–Kier alpha value is -3.47. The number of fused-ring (bicyclic) bond motifs is 1. The molecule has 2 aromatic carbocycles. The lowest BCUT2D eigenvalue weighted by Crippen LogP contribution is -2.14. The zero-order valence-corrected chi connectivity index (χ0v) is 14.6. The molecule has 134 valence electrons. The molecule has 4 aromatic rings. The molecule has 0 bridgehead atoms. The van der Waals surface area contributed by atoms with E-state index in [1.54, 1.807) is 36.7 Å². The van der Waals surface area contributed by atoms with Gasteiger partial charge in [-0.2, -0.15) is 0 Å². The molecule has 0 atom stereocenters. The minimum absolute atomic E-state index is 0.0779. The van der Waals surface area contributed by atoms with Gasteiger partial charge in [-0.25, -0.2) is 4.39 Å². The Bertz CT molecular complexity index is 1070. The number of nitrogens with one attached hydrogen (secondary N) is 1. The fourth-order valence-corrected chi connectivity index (χ4v) is 3.19. The average Bonchev–Trinajstić information content (AvgIpc) is 3.02. The number of nitrogens with zero attached hydrogens (tertiary/aromatic N) is 2. The van der Waals surface area contributed by atoms with Gasteiger partial charge in [-0.3, -0.25) is 9.78 Å². The van der Waals surface area contributed by atoms with Crippen LogP contribution in [0.25, 0.3) is 10.9 Å². The van der Waals surface area contributed by atoms with E-state index in [4.69, 9.17) is 0 Å². The molecule has 5 heteroatoms. The number of carbonyl (C=O) groups is 1. The van der Waals surface area contributed by atoms with E-state index in [0.29, 0.717) is 6.54 Å². The summed E-state index contributed by atoms with van der Waals surface area (Å²) in [5.74, 6) is -0.324. The van der Waals surface area contributed by atoms with E-state index >= 15 is 0 Å². The van der Waals surface area contributed by atoms with Gasteiger partial charge in [-0.1, -0.05) is 30.3 Å². The molecular weight excluding hydrogens is 341 g/mol. The summed E-state index contributed by atoms with van der Waals surface area (Å²) < 4.78 is 15.2. The van der Waals surface area contributed by atoms with E-state index in [2.05, 4.69) is 14.9 Å². The van der Waals surface area contributed by atoms with Crippen molar-refractivity contribution in [1.29, 1.82) is 0 Å². The maximum Gasteiger partial charge on any atom is 0.228 e. The van der Waals surface area contributed by atoms with Gasteiger partial charge in [0.1, 0.15) is 5.82 Å². The van der Waals surface area contributed by atoms with Crippen LogP contribution in [0.2, 0.25) is 0 Å². The Morgan fingerprint density at radius 3 is 2.52 bits per heavy atom. The summed E-state index contributed by atoms with van der Waals surface area (Å²) in [6.45, 7) is 0.618. The normalized spacial score (nSPS) is 10.9. The molecule has 0 aliphatic heterocycles. The van der Waals surface area contributed by atoms with E-state index in [1.807, 2.05) is 30.5 Å². The third kappa shape index (κ3) is 3.87. The summed E-state index contributed by atoms with van der Waals surface area (Å²) >= 11 is 0. The minimum atomic E-state index is -0.246. The van der Waals surface area contributed by atoms with Crippen LogP contribution in [0.5, 0.6) is 0 Å². The molecule has 1 amide bonds. The number of amides is 1. The molecule has 4 nitrogen and oxygen atoms in total. The van der Waals surface area contributed by atoms with Gasteiger partial charge < -0.3 is 9.88 Å². The first-order valence-electron chi connectivity index (χ1n) is 8.70. The average molecular weight is 359 g/mol. The molecule has 0 fully saturated rings. The van der Waals surface area contributed by atoms with E-state index in [-0.39, 0.29) is 18.1 Å². The summed E-state index contributed by atoms with van der Waals surface area (Å²) in [4.78, 5) is 16.4. The van der Waals surface area contributed by atoms with Gasteiger partial charge in [0.2, 0.25) is 5.91 Å². The molecule has 2 aromatic heterocycles. The highest BCUT2D eigenvalue weighted by Gasteiger charge is 2.12. The van der Waals surface area contributed by atoms with Crippen LogP contribution < -0.4 is 5.32 Å². The van der Waals surface area contributed by atoms with Gasteiger partial charge in [-0.05, 0) is 41.5 Å². The molecule has 0 radical (unpaired) electrons. The van der Waals surface area contributed by atoms with E-state index < -0.39 is 0 Å². The second-order valence-electron chi connectivity index (χ2n) is 6.39. The van der Waals surface area contributed by atoms with Crippen LogP contribution in [0.1, 0.15) is 11.1 Å². The molecule has 1 N–H and O–H groups in total. The molecule has 2 heterocycles. The third-order valence-electron chi connectivity index (χ3n) is 4.45. The van der Waals surface area contributed by atoms with Gasteiger partial charge in [-0.15, -0.1) is 0 Å². The summed E-state index contributed by atoms with van der Waals surface area (Å²) in [6, 6.07) is 18.0. The van der Waals surface area contributed by atoms with Crippen LogP contribution in [0.15, 0.2) is 79.3 Å². The Labute approximate surface area is 156 Å². The number of rotatable bonds is 5. The van der Waals surface area contributed by atoms with Crippen molar-refractivity contribution < 1.29 is 9.18 Å². The molecule has 0 unspecified atom stereocenters. The Morgan fingerprint density at radius 1 is 1.00 bits per heavy atom. The Kier molecular flexibility index (Phi) is 4.66. The van der Waals surface area contributed by atoms with Crippen LogP contribution in [0.3, 0.4) is 0 Å². The summed E-state index contributed by atoms with van der Waals surface area (Å²) in [7, 11) is 0. The second kappa shape index (κ2) is 7.41. The molecule has 0 aliphatic carbocycles. The molecule has 0 aliphatic rings. The highest BCUT2D eigenvalue weighted by molar-refractivity contribution is 5.95. The van der Waals surface area contributed by atoms with Crippen molar-refractivity contribution in [3.8, 4) is 0 Å². The SMILES string of the molecule is O=C(Cc1cn(Cc2ccc(F)cc2)c2ccccc12)Nc1ccncc1. The van der Waals surface area contributed by atoms with Crippen molar-refractivity contribution in [1.82, 2.24) is 9.55 Å². The fraction of sp³-hybridized carbons (Fsp3) is 0.0909. The number of para-hydroxylation sites is 1. The van der Waals surface area contributed by atoms with Crippen LogP contribution >= 0.6 is 0 Å². The predicted molar refractivity (Wildman–Crippen MR) is 104 cm³/mol. The number of halogens is 1. The smallest absolute Gasteiger partial charge is 0.228 e. The lowest BCUT2D eigenvalue weighted by Gasteiger charge is -2.05. The maximum atomic E-state index is 13.1. The van der Waals surface area contributed by atoms with Gasteiger partial charge in [0, 0.05) is 41.7 Å². The molecule has 27 heavy (non-hydrogen) atoms. The van der Waals surface area contributed by atoms with Crippen LogP contribution in [-0.4, -0.2) is 15.5 Å². The number of pyridine rings is 1. The number of carbonyl (C=O) groups excluding carboxylic acids is 1. The zero-order valence-electron chi connectivity index (χ0n) is 14.6. The monoisotopic (exact) mass is 359 g/mol. The quantitative estimate of drug-likeness (QED) is 0.574. The largest absolute Gasteiger partial charge is 0.343 e. The highest BCUT2D eigenvalue weighted by atomic mass is 19.1. The molecular formula is C22H18FN3O. The van der Waals surface area contributed by atoms with Crippen molar-refractivity contribution in [2.24, 2.45) is 0 Å². The number of hydrogen-bond donors (Lipinski definition) is 1. The van der Waals surface area contributed by atoms with E-state index in [9.17, 15) is 9.18 Å². The summed E-state index contributed by atoms with van der Waals surface area (Å²) in [5.41, 5.74) is 3.74. The first kappa shape index (κ1) is 17.0. The molecule has 4 rings (SSSR count). The number of hydrogen-bond acceptors (Lipinski definition) is 2. The standard InChI is InChI=1S/C22H18FN3O/c23-18-7-5-16(6-8-18)14-26-15-17(20-3-1-2-4-21(20)26)13-22(27)25-19-9-11-24-12-10-19/h1-12,15H,13-14H2,(H,24,25,27). The lowest BCUT2D eigenvalue weighted by molar-refractivity contribution is -0.115. The molecule has 0 saturated heterocycles. The number of aromatic nitrogens is 2. The van der Waals surface area contributed by atoms with Gasteiger partial charge in [0.25, 0.3) is 0 Å². The first-order valence-corrected chi connectivity index (χ1v) is 8.70. The van der Waals surface area contributed by atoms with E-state index in [0.717, 1.165) is 27.7 Å². The van der Waals surface area contributed by atoms with Crippen molar-refractivity contribution in [3.05, 3.63) is 96.2 Å². The number of anilines is 1. The minimum Gasteiger partial charge on any atom is -0.343 e. The maximum absolute atomic E-state index is 13.1. The fourth-order valence-electron chi connectivity index (χ4n) is 3.19.